The molecule has 0 spiro atoms. The van der Waals surface area contributed by atoms with Crippen molar-refractivity contribution in [2.45, 2.75) is 40.0 Å². The second kappa shape index (κ2) is 7.03. The first kappa shape index (κ1) is 17.5. The standard InChI is InChI=1S/C23H25N3O/c1-16-11-12-22-19(14-16)8-7-13-25(22)23(27)15-21-17(2)24-26(18(21)3)20-9-5-4-6-10-20/h4-6,9-12,14H,7-8,13,15H2,1-3H3. The number of benzene rings is 2. The highest BCUT2D eigenvalue weighted by atomic mass is 16.2. The van der Waals surface area contributed by atoms with Crippen LogP contribution in [0.25, 0.3) is 5.69 Å². The largest absolute Gasteiger partial charge is 0.312 e. The van der Waals surface area contributed by atoms with Gasteiger partial charge in [-0.05, 0) is 57.4 Å². The molecule has 2 heterocycles. The Morgan fingerprint density at radius 3 is 2.63 bits per heavy atom. The van der Waals surface area contributed by atoms with Crippen molar-refractivity contribution in [1.82, 2.24) is 9.78 Å². The molecule has 0 fully saturated rings. The molecule has 27 heavy (non-hydrogen) atoms. The van der Waals surface area contributed by atoms with Gasteiger partial charge in [-0.15, -0.1) is 0 Å². The first-order valence-corrected chi connectivity index (χ1v) is 9.55. The van der Waals surface area contributed by atoms with E-state index < -0.39 is 0 Å². The molecule has 0 unspecified atom stereocenters. The van der Waals surface area contributed by atoms with E-state index in [9.17, 15) is 4.79 Å². The Balaban J connectivity index is 1.62. The number of para-hydroxylation sites is 1. The first-order valence-electron chi connectivity index (χ1n) is 9.55. The van der Waals surface area contributed by atoms with E-state index in [1.54, 1.807) is 0 Å². The smallest absolute Gasteiger partial charge is 0.231 e. The lowest BCUT2D eigenvalue weighted by molar-refractivity contribution is -0.118. The fourth-order valence-electron chi connectivity index (χ4n) is 3.98. The van der Waals surface area contributed by atoms with Crippen LogP contribution in [0, 0.1) is 20.8 Å². The quantitative estimate of drug-likeness (QED) is 0.698. The monoisotopic (exact) mass is 359 g/mol. The van der Waals surface area contributed by atoms with Gasteiger partial charge in [-0.2, -0.15) is 5.10 Å². The molecular weight excluding hydrogens is 334 g/mol. The molecule has 1 aliphatic heterocycles. The Hall–Kier alpha value is -2.88. The van der Waals surface area contributed by atoms with Crippen molar-refractivity contribution < 1.29 is 4.79 Å². The van der Waals surface area contributed by atoms with E-state index >= 15 is 0 Å². The normalized spacial score (nSPS) is 13.5. The van der Waals surface area contributed by atoms with Crippen molar-refractivity contribution in [2.75, 3.05) is 11.4 Å². The number of amides is 1. The minimum atomic E-state index is 0.151. The summed E-state index contributed by atoms with van der Waals surface area (Å²) in [6, 6.07) is 16.5. The third-order valence-corrected chi connectivity index (χ3v) is 5.42. The fourth-order valence-corrected chi connectivity index (χ4v) is 3.98. The third-order valence-electron chi connectivity index (χ3n) is 5.42. The van der Waals surface area contributed by atoms with Crippen LogP contribution < -0.4 is 4.90 Å². The van der Waals surface area contributed by atoms with Crippen molar-refractivity contribution in [2.24, 2.45) is 0 Å². The van der Waals surface area contributed by atoms with Crippen molar-refractivity contribution in [1.29, 1.82) is 0 Å². The number of carbonyl (C=O) groups is 1. The highest BCUT2D eigenvalue weighted by molar-refractivity contribution is 5.96. The van der Waals surface area contributed by atoms with Crippen LogP contribution in [0.15, 0.2) is 48.5 Å². The summed E-state index contributed by atoms with van der Waals surface area (Å²) < 4.78 is 1.94. The van der Waals surface area contributed by atoms with Crippen LogP contribution in [0.1, 0.15) is 34.5 Å². The number of aryl methyl sites for hydroxylation is 3. The average molecular weight is 359 g/mol. The van der Waals surface area contributed by atoms with Gasteiger partial charge in [-0.1, -0.05) is 35.9 Å². The average Bonchev–Trinajstić information content (AvgIpc) is 2.96. The molecule has 4 nitrogen and oxygen atoms in total. The number of aromatic nitrogens is 2. The minimum Gasteiger partial charge on any atom is -0.312 e. The molecule has 4 rings (SSSR count). The van der Waals surface area contributed by atoms with Gasteiger partial charge in [0, 0.05) is 23.5 Å². The number of fused-ring (bicyclic) bond motifs is 1. The fraction of sp³-hybridized carbons (Fsp3) is 0.304. The lowest BCUT2D eigenvalue weighted by Gasteiger charge is -2.30. The van der Waals surface area contributed by atoms with Gasteiger partial charge >= 0.3 is 0 Å². The molecule has 1 aromatic heterocycles. The van der Waals surface area contributed by atoms with Gasteiger partial charge < -0.3 is 4.90 Å². The second-order valence-electron chi connectivity index (χ2n) is 7.35. The van der Waals surface area contributed by atoms with Gasteiger partial charge in [0.1, 0.15) is 0 Å². The zero-order valence-electron chi connectivity index (χ0n) is 16.2. The molecule has 3 aromatic rings. The molecule has 1 aliphatic rings. The molecule has 2 aromatic carbocycles. The van der Waals surface area contributed by atoms with E-state index in [0.717, 1.165) is 47.7 Å². The van der Waals surface area contributed by atoms with Crippen molar-refractivity contribution >= 4 is 11.6 Å². The minimum absolute atomic E-state index is 0.151. The van der Waals surface area contributed by atoms with Crippen LogP contribution >= 0.6 is 0 Å². The van der Waals surface area contributed by atoms with Gasteiger partial charge in [-0.3, -0.25) is 4.79 Å². The molecule has 1 amide bonds. The molecule has 0 N–H and O–H groups in total. The van der Waals surface area contributed by atoms with Crippen molar-refractivity contribution in [3.05, 3.63) is 76.6 Å². The van der Waals surface area contributed by atoms with Crippen LogP contribution in [0.5, 0.6) is 0 Å². The predicted octanol–water partition coefficient (Wildman–Crippen LogP) is 4.32. The SMILES string of the molecule is Cc1ccc2c(c1)CCCN2C(=O)Cc1c(C)nn(-c2ccccc2)c1C. The third kappa shape index (κ3) is 3.27. The maximum Gasteiger partial charge on any atom is 0.231 e. The summed E-state index contributed by atoms with van der Waals surface area (Å²) >= 11 is 0. The lowest BCUT2D eigenvalue weighted by atomic mass is 9.98. The molecule has 0 radical (unpaired) electrons. The molecule has 0 atom stereocenters. The summed E-state index contributed by atoms with van der Waals surface area (Å²) in [5, 5.41) is 4.68. The Kier molecular flexibility index (Phi) is 4.56. The van der Waals surface area contributed by atoms with Crippen LogP contribution in [0.3, 0.4) is 0 Å². The summed E-state index contributed by atoms with van der Waals surface area (Å²) in [7, 11) is 0. The number of hydrogen-bond acceptors (Lipinski definition) is 2. The zero-order chi connectivity index (χ0) is 19.0. The second-order valence-corrected chi connectivity index (χ2v) is 7.35. The summed E-state index contributed by atoms with van der Waals surface area (Å²) in [6.07, 6.45) is 2.45. The van der Waals surface area contributed by atoms with E-state index in [-0.39, 0.29) is 5.91 Å². The van der Waals surface area contributed by atoms with Crippen LogP contribution in [0.4, 0.5) is 5.69 Å². The molecule has 0 bridgehead atoms. The van der Waals surface area contributed by atoms with E-state index in [0.29, 0.717) is 6.42 Å². The Bertz CT molecular complexity index is 988. The Morgan fingerprint density at radius 1 is 1.07 bits per heavy atom. The highest BCUT2D eigenvalue weighted by Gasteiger charge is 2.25. The zero-order valence-corrected chi connectivity index (χ0v) is 16.2. The van der Waals surface area contributed by atoms with E-state index in [2.05, 4.69) is 30.2 Å². The molecule has 0 aliphatic carbocycles. The van der Waals surface area contributed by atoms with Gasteiger partial charge in [-0.25, -0.2) is 4.68 Å². The van der Waals surface area contributed by atoms with E-state index in [1.807, 2.05) is 53.8 Å². The van der Waals surface area contributed by atoms with Crippen molar-refractivity contribution in [3.63, 3.8) is 0 Å². The highest BCUT2D eigenvalue weighted by Crippen LogP contribution is 2.29. The molecule has 4 heteroatoms. The molecule has 0 saturated heterocycles. The maximum atomic E-state index is 13.2. The summed E-state index contributed by atoms with van der Waals surface area (Å²) in [4.78, 5) is 15.1. The number of nitrogens with zero attached hydrogens (tertiary/aromatic N) is 3. The van der Waals surface area contributed by atoms with Crippen LogP contribution in [0.2, 0.25) is 0 Å². The maximum absolute atomic E-state index is 13.2. The van der Waals surface area contributed by atoms with Crippen molar-refractivity contribution in [3.8, 4) is 5.69 Å². The van der Waals surface area contributed by atoms with Gasteiger partial charge in [0.2, 0.25) is 5.91 Å². The number of anilines is 1. The first-order chi connectivity index (χ1) is 13.0. The lowest BCUT2D eigenvalue weighted by Crippen LogP contribution is -2.36. The number of carbonyl (C=O) groups excluding carboxylic acids is 1. The molecular formula is C23H25N3O. The summed E-state index contributed by atoms with van der Waals surface area (Å²) in [6.45, 7) is 6.93. The van der Waals surface area contributed by atoms with E-state index in [1.165, 1.54) is 11.1 Å². The Morgan fingerprint density at radius 2 is 1.85 bits per heavy atom. The number of rotatable bonds is 3. The van der Waals surface area contributed by atoms with Gasteiger partial charge in [0.15, 0.2) is 0 Å². The summed E-state index contributed by atoms with van der Waals surface area (Å²) in [5.74, 6) is 0.151. The molecule has 138 valence electrons. The molecule has 0 saturated carbocycles. The summed E-state index contributed by atoms with van der Waals surface area (Å²) in [5.41, 5.74) is 7.61. The number of hydrogen-bond donors (Lipinski definition) is 0. The van der Waals surface area contributed by atoms with Gasteiger partial charge in [0.25, 0.3) is 0 Å². The van der Waals surface area contributed by atoms with Crippen LogP contribution in [-0.4, -0.2) is 22.2 Å². The topological polar surface area (TPSA) is 38.1 Å². The van der Waals surface area contributed by atoms with E-state index in [4.69, 9.17) is 0 Å². The predicted molar refractivity (Wildman–Crippen MR) is 109 cm³/mol. The van der Waals surface area contributed by atoms with Crippen LogP contribution in [-0.2, 0) is 17.6 Å². The van der Waals surface area contributed by atoms with Gasteiger partial charge in [0.05, 0.1) is 17.8 Å². The Labute approximate surface area is 160 Å².